The second-order valence-corrected chi connectivity index (χ2v) is 3.38. The van der Waals surface area contributed by atoms with Crippen LogP contribution in [-0.4, -0.2) is 46.0 Å². The predicted molar refractivity (Wildman–Crippen MR) is 45.9 cm³/mol. The molecule has 80 valence electrons. The Kier molecular flexibility index (Phi) is 2.53. The maximum atomic E-state index is 11.3. The largest absolute Gasteiger partial charge is 0.491 e. The van der Waals surface area contributed by atoms with E-state index >= 15 is 0 Å². The number of ketones is 1. The smallest absolute Gasteiger partial charge is 0.230 e. The normalized spacial score (nSPS) is 38.8. The Bertz CT molecular complexity index is 296. The minimum atomic E-state index is -1.98. The van der Waals surface area contributed by atoms with Crippen LogP contribution in [-0.2, 0) is 9.53 Å². The number of aliphatic hydroxyl groups excluding tert-OH is 2. The fraction of sp³-hybridized carbons (Fsp3) is 0.625. The highest BCUT2D eigenvalue weighted by Gasteiger charge is 2.50. The number of Topliss-reactive ketones (excluding diaryl/α,β-unsaturated/α-hetero) is 1. The van der Waals surface area contributed by atoms with Crippen LogP contribution in [0, 0.1) is 0 Å². The summed E-state index contributed by atoms with van der Waals surface area (Å²) in [6, 6.07) is 0. The summed E-state index contributed by atoms with van der Waals surface area (Å²) in [6.45, 7) is 1.12. The lowest BCUT2D eigenvalue weighted by Crippen LogP contribution is -2.59. The lowest BCUT2D eigenvalue weighted by molar-refractivity contribution is -0.160. The van der Waals surface area contributed by atoms with Crippen molar-refractivity contribution in [3.63, 3.8) is 0 Å². The van der Waals surface area contributed by atoms with E-state index in [0.717, 1.165) is 6.92 Å². The van der Waals surface area contributed by atoms with Gasteiger partial charge >= 0.3 is 0 Å². The summed E-state index contributed by atoms with van der Waals surface area (Å²) in [5.41, 5.74) is 3.12. The molecule has 0 radical (unpaired) electrons. The highest BCUT2D eigenvalue weighted by Crippen LogP contribution is 2.28. The van der Waals surface area contributed by atoms with Gasteiger partial charge in [-0.05, 0) is 6.92 Å². The van der Waals surface area contributed by atoms with Crippen molar-refractivity contribution in [3.05, 3.63) is 11.5 Å². The molecule has 0 fully saturated rings. The van der Waals surface area contributed by atoms with Crippen LogP contribution in [0.15, 0.2) is 11.5 Å². The topological polar surface area (TPSA) is 113 Å². The van der Waals surface area contributed by atoms with Crippen molar-refractivity contribution in [2.45, 2.75) is 24.7 Å². The van der Waals surface area contributed by atoms with Gasteiger partial charge in [-0.2, -0.15) is 0 Å². The average Bonchev–Trinajstić information content (AvgIpc) is 2.14. The molecular formula is C8H13NO5. The van der Waals surface area contributed by atoms with Crippen LogP contribution in [0.3, 0.4) is 0 Å². The Labute approximate surface area is 80.6 Å². The predicted octanol–water partition coefficient (Wildman–Crippen LogP) is -2.14. The highest BCUT2D eigenvalue weighted by molar-refractivity contribution is 5.99. The van der Waals surface area contributed by atoms with Crippen LogP contribution >= 0.6 is 0 Å². The van der Waals surface area contributed by atoms with E-state index in [1.807, 2.05) is 0 Å². The molecule has 0 spiro atoms. The molecular weight excluding hydrogens is 190 g/mol. The average molecular weight is 203 g/mol. The number of hydrogen-bond acceptors (Lipinski definition) is 6. The Morgan fingerprint density at radius 3 is 2.36 bits per heavy atom. The van der Waals surface area contributed by atoms with E-state index in [0.29, 0.717) is 0 Å². The Morgan fingerprint density at radius 2 is 1.93 bits per heavy atom. The van der Waals surface area contributed by atoms with Crippen molar-refractivity contribution in [2.75, 3.05) is 7.11 Å². The number of methoxy groups -OCH3 is 1. The molecule has 1 aliphatic carbocycles. The van der Waals surface area contributed by atoms with Crippen LogP contribution in [0.4, 0.5) is 0 Å². The fourth-order valence-corrected chi connectivity index (χ4v) is 1.34. The zero-order valence-electron chi connectivity index (χ0n) is 7.89. The van der Waals surface area contributed by atoms with Gasteiger partial charge in [0.05, 0.1) is 12.8 Å². The molecule has 0 saturated heterocycles. The zero-order chi connectivity index (χ0) is 11.1. The van der Waals surface area contributed by atoms with Crippen molar-refractivity contribution in [2.24, 2.45) is 5.73 Å². The van der Waals surface area contributed by atoms with Crippen molar-refractivity contribution in [3.8, 4) is 0 Å². The van der Waals surface area contributed by atoms with Crippen molar-refractivity contribution in [1.82, 2.24) is 0 Å². The van der Waals surface area contributed by atoms with Gasteiger partial charge in [0.1, 0.15) is 11.7 Å². The first-order valence-electron chi connectivity index (χ1n) is 4.00. The molecule has 0 saturated carbocycles. The minimum Gasteiger partial charge on any atom is -0.491 e. The lowest BCUT2D eigenvalue weighted by Gasteiger charge is -2.37. The summed E-state index contributed by atoms with van der Waals surface area (Å²) >= 11 is 0. The van der Waals surface area contributed by atoms with Crippen molar-refractivity contribution in [1.29, 1.82) is 0 Å². The van der Waals surface area contributed by atoms with E-state index in [1.165, 1.54) is 7.11 Å². The van der Waals surface area contributed by atoms with E-state index in [-0.39, 0.29) is 11.5 Å². The van der Waals surface area contributed by atoms with Gasteiger partial charge in [0.2, 0.25) is 5.78 Å². The fourth-order valence-electron chi connectivity index (χ4n) is 1.34. The molecule has 6 nitrogen and oxygen atoms in total. The Balaban J connectivity index is 3.24. The van der Waals surface area contributed by atoms with Gasteiger partial charge in [-0.3, -0.25) is 4.79 Å². The van der Waals surface area contributed by atoms with E-state index in [1.54, 1.807) is 0 Å². The van der Waals surface area contributed by atoms with E-state index in [9.17, 15) is 20.1 Å². The molecule has 0 amide bonds. The van der Waals surface area contributed by atoms with E-state index < -0.39 is 23.6 Å². The summed E-state index contributed by atoms with van der Waals surface area (Å²) in [6.07, 6.45) is -3.26. The van der Waals surface area contributed by atoms with Gasteiger partial charge in [-0.1, -0.05) is 0 Å². The second-order valence-electron chi connectivity index (χ2n) is 3.38. The van der Waals surface area contributed by atoms with Crippen molar-refractivity contribution >= 4 is 5.78 Å². The van der Waals surface area contributed by atoms with Gasteiger partial charge in [0, 0.05) is 0 Å². The minimum absolute atomic E-state index is 0.271. The molecule has 14 heavy (non-hydrogen) atoms. The molecule has 3 unspecified atom stereocenters. The Morgan fingerprint density at radius 1 is 1.43 bits per heavy atom. The molecule has 1 rings (SSSR count). The van der Waals surface area contributed by atoms with E-state index in [4.69, 9.17) is 5.73 Å². The third-order valence-electron chi connectivity index (χ3n) is 2.34. The molecule has 1 aliphatic rings. The van der Waals surface area contributed by atoms with Gasteiger partial charge < -0.3 is 25.8 Å². The molecule has 6 heteroatoms. The molecule has 0 aromatic heterocycles. The molecule has 5 N–H and O–H groups in total. The van der Waals surface area contributed by atoms with Crippen LogP contribution in [0.5, 0.6) is 0 Å². The highest BCUT2D eigenvalue weighted by atomic mass is 16.5. The van der Waals surface area contributed by atoms with Crippen LogP contribution in [0.1, 0.15) is 6.92 Å². The summed E-state index contributed by atoms with van der Waals surface area (Å²) < 4.78 is 4.62. The number of ether oxygens (including phenoxy) is 1. The number of hydrogen-bond donors (Lipinski definition) is 4. The van der Waals surface area contributed by atoms with Gasteiger partial charge in [0.25, 0.3) is 0 Å². The number of carbonyl (C=O) groups is 1. The summed E-state index contributed by atoms with van der Waals surface area (Å²) in [4.78, 5) is 11.3. The maximum absolute atomic E-state index is 11.3. The molecule has 0 heterocycles. The summed E-state index contributed by atoms with van der Waals surface area (Å²) in [5.74, 6) is -1.14. The van der Waals surface area contributed by atoms with Gasteiger partial charge in [-0.15, -0.1) is 0 Å². The monoisotopic (exact) mass is 203 g/mol. The lowest BCUT2D eigenvalue weighted by atomic mass is 9.82. The molecule has 0 bridgehead atoms. The number of rotatable bonds is 1. The number of aliphatic hydroxyl groups is 3. The SMILES string of the molecule is COC1=C(N)C(O)C(C)(O)C(O)C1=O. The molecule has 0 aliphatic heterocycles. The number of carbonyl (C=O) groups excluding carboxylic acids is 1. The quantitative estimate of drug-likeness (QED) is 0.387. The molecule has 0 aromatic rings. The maximum Gasteiger partial charge on any atom is 0.230 e. The third kappa shape index (κ3) is 1.28. The number of nitrogens with two attached hydrogens (primary N) is 1. The Hall–Kier alpha value is -1.11. The molecule has 3 atom stereocenters. The van der Waals surface area contributed by atoms with Gasteiger partial charge in [-0.25, -0.2) is 0 Å². The summed E-state index contributed by atoms with van der Waals surface area (Å²) in [5, 5.41) is 28.4. The van der Waals surface area contributed by atoms with Gasteiger partial charge in [0.15, 0.2) is 11.9 Å². The van der Waals surface area contributed by atoms with Crippen LogP contribution in [0.25, 0.3) is 0 Å². The standard InChI is InChI=1S/C8H13NO5/c1-8(13)6(11)3(9)5(14-2)4(10)7(8)12/h6-7,11-13H,9H2,1-2H3. The first kappa shape index (κ1) is 11.0. The van der Waals surface area contributed by atoms with E-state index in [2.05, 4.69) is 4.74 Å². The van der Waals surface area contributed by atoms with Crippen molar-refractivity contribution < 1.29 is 24.9 Å². The third-order valence-corrected chi connectivity index (χ3v) is 2.34. The van der Waals surface area contributed by atoms with Crippen LogP contribution < -0.4 is 5.73 Å². The molecule has 0 aromatic carbocycles. The first-order chi connectivity index (χ1) is 6.34. The summed E-state index contributed by atoms with van der Waals surface area (Å²) in [7, 11) is 1.19. The first-order valence-corrected chi connectivity index (χ1v) is 4.00. The zero-order valence-corrected chi connectivity index (χ0v) is 7.89. The van der Waals surface area contributed by atoms with Crippen LogP contribution in [0.2, 0.25) is 0 Å². The second kappa shape index (κ2) is 3.23.